The molecule has 0 bridgehead atoms. The van der Waals surface area contributed by atoms with Crippen LogP contribution in [-0.2, 0) is 0 Å². The molecule has 0 aliphatic heterocycles. The van der Waals surface area contributed by atoms with E-state index in [0.717, 1.165) is 29.7 Å². The molecule has 0 aromatic carbocycles. The molecular formula is C11H8N4O4S. The van der Waals surface area contributed by atoms with E-state index in [2.05, 4.69) is 15.0 Å². The molecule has 9 heteroatoms. The zero-order valence-electron chi connectivity index (χ0n) is 10.2. The van der Waals surface area contributed by atoms with Crippen LogP contribution in [0.3, 0.4) is 0 Å². The Bertz CT molecular complexity index is 692. The molecule has 0 unspecified atom stereocenters. The number of carboxylic acid groups (broad SMARTS) is 1. The van der Waals surface area contributed by atoms with Gasteiger partial charge in [0.2, 0.25) is 0 Å². The first-order valence-electron chi connectivity index (χ1n) is 5.32. The minimum absolute atomic E-state index is 0.105. The third kappa shape index (κ3) is 3.06. The van der Waals surface area contributed by atoms with Crippen LogP contribution in [0.1, 0.15) is 16.1 Å². The van der Waals surface area contributed by atoms with Gasteiger partial charge in [-0.05, 0) is 24.8 Å². The van der Waals surface area contributed by atoms with E-state index in [4.69, 9.17) is 5.11 Å². The summed E-state index contributed by atoms with van der Waals surface area (Å²) in [5.74, 6) is -1.30. The molecule has 0 fully saturated rings. The second-order valence-electron chi connectivity index (χ2n) is 3.69. The Labute approximate surface area is 117 Å². The third-order valence-corrected chi connectivity index (χ3v) is 3.14. The largest absolute Gasteiger partial charge is 0.478 e. The average molecular weight is 292 g/mol. The van der Waals surface area contributed by atoms with Crippen LogP contribution in [0, 0.1) is 17.0 Å². The van der Waals surface area contributed by atoms with Gasteiger partial charge in [-0.25, -0.2) is 19.7 Å². The molecule has 8 nitrogen and oxygen atoms in total. The summed E-state index contributed by atoms with van der Waals surface area (Å²) < 4.78 is 0. The summed E-state index contributed by atoms with van der Waals surface area (Å²) >= 11 is 0.940. The van der Waals surface area contributed by atoms with Crippen molar-refractivity contribution in [1.29, 1.82) is 0 Å². The van der Waals surface area contributed by atoms with Gasteiger partial charge in [-0.1, -0.05) is 0 Å². The van der Waals surface area contributed by atoms with E-state index in [1.165, 1.54) is 6.20 Å². The van der Waals surface area contributed by atoms with E-state index in [0.29, 0.717) is 5.16 Å². The molecule has 0 amide bonds. The number of rotatable bonds is 4. The van der Waals surface area contributed by atoms with E-state index < -0.39 is 10.9 Å². The van der Waals surface area contributed by atoms with Crippen LogP contribution in [0.25, 0.3) is 0 Å². The van der Waals surface area contributed by atoms with Gasteiger partial charge < -0.3 is 5.11 Å². The Morgan fingerprint density at radius 2 is 2.20 bits per heavy atom. The van der Waals surface area contributed by atoms with Crippen molar-refractivity contribution in [3.8, 4) is 0 Å². The Kier molecular flexibility index (Phi) is 3.89. The number of hydrogen-bond donors (Lipinski definition) is 1. The lowest BCUT2D eigenvalue weighted by molar-refractivity contribution is -0.385. The van der Waals surface area contributed by atoms with Crippen molar-refractivity contribution >= 4 is 23.4 Å². The summed E-state index contributed by atoms with van der Waals surface area (Å²) in [4.78, 5) is 33.0. The highest BCUT2D eigenvalue weighted by Crippen LogP contribution is 2.28. The summed E-state index contributed by atoms with van der Waals surface area (Å²) in [6, 6.07) is 2.67. The van der Waals surface area contributed by atoms with Gasteiger partial charge >= 0.3 is 5.97 Å². The lowest BCUT2D eigenvalue weighted by Gasteiger charge is -2.03. The minimum atomic E-state index is -1.30. The first-order chi connectivity index (χ1) is 9.47. The van der Waals surface area contributed by atoms with Gasteiger partial charge in [0.25, 0.3) is 5.69 Å². The molecule has 2 aromatic rings. The maximum atomic E-state index is 11.1. The predicted octanol–water partition coefficient (Wildman–Crippen LogP) is 1.94. The van der Waals surface area contributed by atoms with Crippen LogP contribution in [0.2, 0.25) is 0 Å². The molecule has 0 saturated carbocycles. The quantitative estimate of drug-likeness (QED) is 0.515. The second-order valence-corrected chi connectivity index (χ2v) is 4.65. The Morgan fingerprint density at radius 1 is 1.45 bits per heavy atom. The molecular weight excluding hydrogens is 284 g/mol. The summed E-state index contributed by atoms with van der Waals surface area (Å²) in [6.45, 7) is 1.77. The highest BCUT2D eigenvalue weighted by molar-refractivity contribution is 7.99. The predicted molar refractivity (Wildman–Crippen MR) is 68.7 cm³/mol. The highest BCUT2D eigenvalue weighted by Gasteiger charge is 2.19. The number of pyridine rings is 1. The number of aryl methyl sites for hydroxylation is 1. The van der Waals surface area contributed by atoms with Crippen molar-refractivity contribution in [3.05, 3.63) is 45.9 Å². The van der Waals surface area contributed by atoms with Gasteiger partial charge in [0, 0.05) is 18.0 Å². The molecule has 2 heterocycles. The number of aromatic carboxylic acids is 1. The number of hydrogen-bond acceptors (Lipinski definition) is 7. The van der Waals surface area contributed by atoms with Crippen molar-refractivity contribution in [2.24, 2.45) is 0 Å². The van der Waals surface area contributed by atoms with Gasteiger partial charge in [0.15, 0.2) is 5.16 Å². The molecule has 0 aliphatic rings. The maximum Gasteiger partial charge on any atom is 0.338 e. The fourth-order valence-electron chi connectivity index (χ4n) is 1.34. The van der Waals surface area contributed by atoms with Crippen LogP contribution in [0.15, 0.2) is 34.7 Å². The van der Waals surface area contributed by atoms with Crippen molar-refractivity contribution in [3.63, 3.8) is 0 Å². The molecule has 102 valence electrons. The first-order valence-corrected chi connectivity index (χ1v) is 6.14. The summed E-state index contributed by atoms with van der Waals surface area (Å²) in [5, 5.41) is 20.2. The molecule has 2 aromatic heterocycles. The van der Waals surface area contributed by atoms with E-state index in [9.17, 15) is 14.9 Å². The Morgan fingerprint density at radius 3 is 2.80 bits per heavy atom. The van der Waals surface area contributed by atoms with Gasteiger partial charge in [0.1, 0.15) is 11.2 Å². The summed E-state index contributed by atoms with van der Waals surface area (Å²) in [6.07, 6.45) is 2.54. The van der Waals surface area contributed by atoms with E-state index in [-0.39, 0.29) is 16.3 Å². The first kappa shape index (κ1) is 13.9. The third-order valence-electron chi connectivity index (χ3n) is 2.24. The number of nitro groups is 1. The van der Waals surface area contributed by atoms with Gasteiger partial charge in [-0.3, -0.25) is 10.1 Å². The summed E-state index contributed by atoms with van der Waals surface area (Å²) in [5.41, 5.74) is 0.0903. The van der Waals surface area contributed by atoms with Crippen molar-refractivity contribution in [2.75, 3.05) is 0 Å². The van der Waals surface area contributed by atoms with Crippen LogP contribution >= 0.6 is 11.8 Å². The molecule has 0 radical (unpaired) electrons. The SMILES string of the molecule is Cc1ccnc(Sc2ncc([N+](=O)[O-])cc2C(=O)O)n1. The van der Waals surface area contributed by atoms with Crippen molar-refractivity contribution in [2.45, 2.75) is 17.1 Å². The molecule has 0 atom stereocenters. The lowest BCUT2D eigenvalue weighted by atomic mass is 10.3. The van der Waals surface area contributed by atoms with Gasteiger partial charge in [-0.15, -0.1) is 0 Å². The molecule has 20 heavy (non-hydrogen) atoms. The van der Waals surface area contributed by atoms with E-state index in [1.807, 2.05) is 0 Å². The van der Waals surface area contributed by atoms with Crippen LogP contribution < -0.4 is 0 Å². The normalized spacial score (nSPS) is 10.2. The fourth-order valence-corrected chi connectivity index (χ4v) is 2.17. The molecule has 1 N–H and O–H groups in total. The van der Waals surface area contributed by atoms with E-state index >= 15 is 0 Å². The number of carbonyl (C=O) groups is 1. The topological polar surface area (TPSA) is 119 Å². The van der Waals surface area contributed by atoms with E-state index in [1.54, 1.807) is 13.0 Å². The van der Waals surface area contributed by atoms with Crippen LogP contribution in [-0.4, -0.2) is 31.0 Å². The summed E-state index contributed by atoms with van der Waals surface area (Å²) in [7, 11) is 0. The Hall–Kier alpha value is -2.55. The monoisotopic (exact) mass is 292 g/mol. The minimum Gasteiger partial charge on any atom is -0.478 e. The average Bonchev–Trinajstić information content (AvgIpc) is 2.38. The Balaban J connectivity index is 2.41. The molecule has 0 spiro atoms. The zero-order valence-corrected chi connectivity index (χ0v) is 11.0. The van der Waals surface area contributed by atoms with Crippen molar-refractivity contribution in [1.82, 2.24) is 15.0 Å². The molecule has 0 saturated heterocycles. The highest BCUT2D eigenvalue weighted by atomic mass is 32.2. The number of nitrogens with zero attached hydrogens (tertiary/aromatic N) is 4. The fraction of sp³-hybridized carbons (Fsp3) is 0.0909. The van der Waals surface area contributed by atoms with Gasteiger partial charge in [0.05, 0.1) is 10.5 Å². The molecule has 2 rings (SSSR count). The molecule has 0 aliphatic carbocycles. The number of carboxylic acids is 1. The maximum absolute atomic E-state index is 11.1. The van der Waals surface area contributed by atoms with Gasteiger partial charge in [-0.2, -0.15) is 0 Å². The smallest absolute Gasteiger partial charge is 0.338 e. The second kappa shape index (κ2) is 5.61. The van der Waals surface area contributed by atoms with Crippen molar-refractivity contribution < 1.29 is 14.8 Å². The number of aromatic nitrogens is 3. The van der Waals surface area contributed by atoms with Crippen LogP contribution in [0.4, 0.5) is 5.69 Å². The van der Waals surface area contributed by atoms with Crippen LogP contribution in [0.5, 0.6) is 0 Å². The zero-order chi connectivity index (χ0) is 14.7. The lowest BCUT2D eigenvalue weighted by Crippen LogP contribution is -2.03. The standard InChI is InChI=1S/C11H8N4O4S/c1-6-2-3-12-11(14-6)20-9-8(10(16)17)4-7(5-13-9)15(18)19/h2-5H,1H3,(H,16,17).